The van der Waals surface area contributed by atoms with Crippen LogP contribution in [0.3, 0.4) is 0 Å². The number of hydrogen-bond donors (Lipinski definition) is 0. The van der Waals surface area contributed by atoms with E-state index in [1.165, 1.54) is 0 Å². The second-order valence-electron chi connectivity index (χ2n) is 1.57. The number of carboxylic acid groups (broad SMARTS) is 2. The van der Waals surface area contributed by atoms with Crippen LogP contribution >= 0.6 is 0 Å². The normalized spacial score (nSPS) is 9.88. The Morgan fingerprint density at radius 2 is 0.812 bits per heavy atom. The van der Waals surface area contributed by atoms with E-state index in [1.54, 1.807) is 0 Å². The fraction of sp³-hybridized carbons (Fsp3) is 0.500. The quantitative estimate of drug-likeness (QED) is 0.328. The number of carbonyl (C=O) groups is 2. The van der Waals surface area contributed by atoms with Gasteiger partial charge in [-0.15, -0.1) is 0 Å². The van der Waals surface area contributed by atoms with Gasteiger partial charge in [-0.25, -0.2) is 0 Å². The Hall–Kier alpha value is 1.16. The maximum atomic E-state index is 10.5. The third-order valence-electron chi connectivity index (χ3n) is 0.463. The van der Waals surface area contributed by atoms with Gasteiger partial charge in [-0.3, -0.25) is 0 Å². The Morgan fingerprint density at radius 1 is 0.750 bits per heavy atom. The molecule has 4 nitrogen and oxygen atoms in total. The summed E-state index contributed by atoms with van der Waals surface area (Å²) in [7, 11) is 0. The van der Waals surface area contributed by atoms with Gasteiger partial charge in [0, 0.05) is 0 Å². The van der Waals surface area contributed by atoms with E-state index in [4.69, 9.17) is 19.8 Å². The predicted molar refractivity (Wildman–Crippen MR) is 22.1 cm³/mol. The molecule has 0 rings (SSSR count). The smallest absolute Gasteiger partial charge is 0.542 e. The average Bonchev–Trinajstić information content (AvgIpc) is 1.83. The van der Waals surface area contributed by atoms with Crippen molar-refractivity contribution >= 4 is 11.9 Å². The first-order valence-corrected chi connectivity index (χ1v) is 2.45. The summed E-state index contributed by atoms with van der Waals surface area (Å²) in [5.41, 5.74) is 0. The summed E-state index contributed by atoms with van der Waals surface area (Å²) in [4.78, 5) is 17.6. The van der Waals surface area contributed by atoms with Crippen molar-refractivity contribution in [2.75, 3.05) is 0 Å². The van der Waals surface area contributed by atoms with Gasteiger partial charge in [-0.05, 0) is 0 Å². The van der Waals surface area contributed by atoms with Gasteiger partial charge in [-0.1, -0.05) is 0 Å². The summed E-state index contributed by atoms with van der Waals surface area (Å²) in [6.07, 6.45) is -10.4. The number of carbonyl (C=O) groups excluding carboxylic acids is 2. The van der Waals surface area contributed by atoms with Gasteiger partial charge in [0.15, 0.2) is 0 Å². The summed E-state index contributed by atoms with van der Waals surface area (Å²) >= 11 is 0. The van der Waals surface area contributed by atoms with E-state index >= 15 is 0 Å². The van der Waals surface area contributed by atoms with Crippen LogP contribution in [0.1, 0.15) is 0 Å². The van der Waals surface area contributed by atoms with Crippen LogP contribution < -0.4 is 91.2 Å². The molecule has 0 saturated heterocycles. The Morgan fingerprint density at radius 3 is 0.812 bits per heavy atom. The van der Waals surface area contributed by atoms with Gasteiger partial charge in [0.25, 0.3) is 0 Å². The van der Waals surface area contributed by atoms with Crippen LogP contribution in [0.15, 0.2) is 0 Å². The zero-order valence-electron chi connectivity index (χ0n) is 7.90. The van der Waals surface area contributed by atoms with Gasteiger partial charge in [0.1, 0.15) is 11.9 Å². The summed E-state index contributed by atoms with van der Waals surface area (Å²) in [5, 5.41) is 17.6. The van der Waals surface area contributed by atoms with Gasteiger partial charge >= 0.3 is 93.3 Å². The number of hydrogen-bond acceptors (Lipinski definition) is 4. The molecule has 0 aliphatic rings. The molecule has 0 spiro atoms. The van der Waals surface area contributed by atoms with Gasteiger partial charge in [-0.2, -0.15) is 26.3 Å². The van der Waals surface area contributed by atoms with E-state index < -0.39 is 24.3 Å². The third-order valence-corrected chi connectivity index (χ3v) is 0.463. The van der Waals surface area contributed by atoms with Crippen LogP contribution in [-0.4, -0.2) is 24.3 Å². The molecule has 0 amide bonds. The molecule has 0 aliphatic heterocycles. The molecule has 0 radical (unpaired) electrons. The average molecular weight is 288 g/mol. The van der Waals surface area contributed by atoms with Crippen LogP contribution in [0.2, 0.25) is 0 Å². The number of carboxylic acids is 2. The van der Waals surface area contributed by atoms with Crippen molar-refractivity contribution in [3.63, 3.8) is 0 Å². The fourth-order valence-corrected chi connectivity index (χ4v) is 0. The minimum Gasteiger partial charge on any atom is -0.542 e. The topological polar surface area (TPSA) is 80.3 Å². The molecule has 0 fully saturated rings. The molecular weight excluding hydrogens is 288 g/mol. The summed E-state index contributed by atoms with van der Waals surface area (Å²) in [6, 6.07) is 0. The van der Waals surface area contributed by atoms with E-state index in [-0.39, 0.29) is 80.9 Å². The number of aliphatic carboxylic acids is 2. The number of rotatable bonds is 0. The molecule has 0 unspecified atom stereocenters. The van der Waals surface area contributed by atoms with E-state index in [9.17, 15) is 26.3 Å². The summed E-state index contributed by atoms with van der Waals surface area (Å²) in [6.45, 7) is 0. The summed E-state index contributed by atoms with van der Waals surface area (Å²) in [5.74, 6) is -6.01. The maximum Gasteiger partial charge on any atom is 1.00 e. The summed E-state index contributed by atoms with van der Waals surface area (Å²) < 4.78 is 63.1. The van der Waals surface area contributed by atoms with Crippen molar-refractivity contribution in [1.82, 2.24) is 0 Å². The van der Waals surface area contributed by atoms with E-state index in [2.05, 4.69) is 0 Å². The molecule has 0 atom stereocenters. The molecule has 0 bridgehead atoms. The zero-order valence-corrected chi connectivity index (χ0v) is 13.0. The van der Waals surface area contributed by atoms with E-state index in [0.717, 1.165) is 0 Å². The molecule has 0 aliphatic carbocycles. The second-order valence-corrected chi connectivity index (χ2v) is 1.57. The molecule has 0 aromatic carbocycles. The van der Waals surface area contributed by atoms with Crippen LogP contribution in [-0.2, 0) is 9.59 Å². The minimum absolute atomic E-state index is 0. The van der Waals surface area contributed by atoms with Gasteiger partial charge < -0.3 is 19.8 Å². The Bertz CT molecular complexity index is 202. The fourth-order valence-electron chi connectivity index (χ4n) is 0. The van der Waals surface area contributed by atoms with E-state index in [1.807, 2.05) is 0 Å². The van der Waals surface area contributed by atoms with E-state index in [0.29, 0.717) is 0 Å². The monoisotopic (exact) mass is 288 g/mol. The van der Waals surface area contributed by atoms with Gasteiger partial charge in [0.05, 0.1) is 0 Å². The Balaban J connectivity index is -0.0000000800. The van der Waals surface area contributed by atoms with Crippen molar-refractivity contribution in [3.8, 4) is 0 Å². The first-order valence-electron chi connectivity index (χ1n) is 2.45. The molecule has 12 heteroatoms. The molecule has 16 heavy (non-hydrogen) atoms. The second kappa shape index (κ2) is 10.1. The first kappa shape index (κ1) is 25.9. The van der Waals surface area contributed by atoms with Crippen molar-refractivity contribution in [2.24, 2.45) is 0 Å². The van der Waals surface area contributed by atoms with Crippen molar-refractivity contribution in [3.05, 3.63) is 0 Å². The SMILES string of the molecule is O=C([O-])C(F)(F)F.O=C([O-])C(F)(F)F.[K+].[Na+]. The predicted octanol–water partition coefficient (Wildman–Crippen LogP) is -7.39. The first-order chi connectivity index (χ1) is 5.89. The molecule has 84 valence electrons. The zero-order chi connectivity index (χ0) is 12.2. The third kappa shape index (κ3) is 17.5. The van der Waals surface area contributed by atoms with Crippen LogP contribution in [0.25, 0.3) is 0 Å². The molecule has 0 aromatic rings. The standard InChI is InChI=1S/2C2HF3O2.K.Na/c2*3-2(4,5)1(6)7;;/h2*(H,6,7);;/q;;2*+1/p-2. The van der Waals surface area contributed by atoms with Crippen LogP contribution in [0.5, 0.6) is 0 Å². The van der Waals surface area contributed by atoms with Crippen molar-refractivity contribution in [1.29, 1.82) is 0 Å². The molecule has 0 aromatic heterocycles. The van der Waals surface area contributed by atoms with Crippen LogP contribution in [0, 0.1) is 0 Å². The minimum atomic E-state index is -5.19. The number of alkyl halides is 6. The molecule has 0 saturated carbocycles. The maximum absolute atomic E-state index is 10.5. The molecular formula is C4F6KNaO4. The molecule has 0 N–H and O–H groups in total. The van der Waals surface area contributed by atoms with Crippen molar-refractivity contribution < 1.29 is 127 Å². The van der Waals surface area contributed by atoms with Crippen molar-refractivity contribution in [2.45, 2.75) is 12.4 Å². The van der Waals surface area contributed by atoms with Gasteiger partial charge in [0.2, 0.25) is 0 Å². The van der Waals surface area contributed by atoms with Crippen LogP contribution in [0.4, 0.5) is 26.3 Å². The largest absolute Gasteiger partial charge is 1.00 e. The molecule has 0 heterocycles. The number of halogens is 6. The Kier molecular flexibility index (Phi) is 16.4. The Labute approximate surface area is 149 Å².